The minimum atomic E-state index is -0.451. The van der Waals surface area contributed by atoms with E-state index in [2.05, 4.69) is 10.3 Å². The van der Waals surface area contributed by atoms with Gasteiger partial charge < -0.3 is 5.32 Å². The topological polar surface area (TPSA) is 24.4 Å². The molecule has 12 heavy (non-hydrogen) atoms. The highest BCUT2D eigenvalue weighted by atomic mass is 35.5. The summed E-state index contributed by atoms with van der Waals surface area (Å²) in [7, 11) is 0. The zero-order valence-corrected chi connectivity index (χ0v) is 7.60. The number of halogens is 2. The molecular weight excluding hydrogens is 195 g/mol. The largest absolute Gasteiger partial charge is 0.351 e. The number of benzene rings is 1. The normalized spacial score (nSPS) is 20.8. The van der Waals surface area contributed by atoms with Crippen molar-refractivity contribution in [2.45, 2.75) is 5.62 Å². The Morgan fingerprint density at radius 3 is 2.92 bits per heavy atom. The van der Waals surface area contributed by atoms with Gasteiger partial charge in [-0.3, -0.25) is 0 Å². The molecule has 1 unspecified atom stereocenters. The highest BCUT2D eigenvalue weighted by Crippen LogP contribution is 2.24. The summed E-state index contributed by atoms with van der Waals surface area (Å²) < 4.78 is 0. The number of rotatable bonds is 0. The van der Waals surface area contributed by atoms with Crippen molar-refractivity contribution in [2.24, 2.45) is 4.99 Å². The lowest BCUT2D eigenvalue weighted by atomic mass is 10.2. The number of alkyl halides is 1. The summed E-state index contributed by atoms with van der Waals surface area (Å²) in [6.07, 6.45) is 0. The molecule has 0 amide bonds. The lowest BCUT2D eigenvalue weighted by Crippen LogP contribution is -2.18. The molecule has 0 aliphatic carbocycles. The van der Waals surface area contributed by atoms with Gasteiger partial charge in [0, 0.05) is 11.3 Å². The Labute approximate surface area is 80.2 Å². The van der Waals surface area contributed by atoms with Crippen molar-refractivity contribution in [1.82, 2.24) is 0 Å². The molecule has 0 saturated carbocycles. The number of nitrogens with one attached hydrogen (secondary N) is 1. The van der Waals surface area contributed by atoms with Crippen molar-refractivity contribution in [1.29, 1.82) is 0 Å². The number of fused-ring (bicyclic) bond motifs is 1. The first-order valence-corrected chi connectivity index (χ1v) is 4.32. The van der Waals surface area contributed by atoms with E-state index in [4.69, 9.17) is 23.2 Å². The van der Waals surface area contributed by atoms with Crippen LogP contribution in [0.1, 0.15) is 5.56 Å². The summed E-state index contributed by atoms with van der Waals surface area (Å²) in [5, 5.41) is 3.45. The summed E-state index contributed by atoms with van der Waals surface area (Å²) in [6, 6.07) is 7.65. The molecule has 0 radical (unpaired) electrons. The second kappa shape index (κ2) is 2.96. The van der Waals surface area contributed by atoms with Crippen LogP contribution in [-0.4, -0.2) is 10.8 Å². The number of hydrogen-bond acceptors (Lipinski definition) is 2. The lowest BCUT2D eigenvalue weighted by Gasteiger charge is -2.18. The van der Waals surface area contributed by atoms with Gasteiger partial charge in [-0.25, -0.2) is 4.99 Å². The molecule has 1 aromatic rings. The van der Waals surface area contributed by atoms with Gasteiger partial charge in [-0.15, -0.1) is 0 Å². The van der Waals surface area contributed by atoms with Crippen molar-refractivity contribution in [3.8, 4) is 0 Å². The van der Waals surface area contributed by atoms with Crippen molar-refractivity contribution < 1.29 is 0 Å². The van der Waals surface area contributed by atoms with Crippen LogP contribution in [0.15, 0.2) is 29.3 Å². The molecule has 1 atom stereocenters. The van der Waals surface area contributed by atoms with Crippen LogP contribution in [0.2, 0.25) is 0 Å². The predicted octanol–water partition coefficient (Wildman–Crippen LogP) is 2.62. The lowest BCUT2D eigenvalue weighted by molar-refractivity contribution is 1.03. The third-order valence-corrected chi connectivity index (χ3v) is 2.16. The molecule has 1 aliphatic heterocycles. The highest BCUT2D eigenvalue weighted by Gasteiger charge is 2.15. The van der Waals surface area contributed by atoms with Crippen LogP contribution < -0.4 is 5.32 Å². The van der Waals surface area contributed by atoms with E-state index >= 15 is 0 Å². The smallest absolute Gasteiger partial charge is 0.197 e. The molecule has 2 rings (SSSR count). The van der Waals surface area contributed by atoms with Gasteiger partial charge in [0.05, 0.1) is 0 Å². The van der Waals surface area contributed by atoms with Gasteiger partial charge in [-0.2, -0.15) is 0 Å². The van der Waals surface area contributed by atoms with Crippen molar-refractivity contribution in [2.75, 3.05) is 5.32 Å². The fourth-order valence-electron chi connectivity index (χ4n) is 1.12. The highest BCUT2D eigenvalue weighted by molar-refractivity contribution is 6.70. The second-order valence-electron chi connectivity index (χ2n) is 2.45. The number of nitrogens with zero attached hydrogens (tertiary/aromatic N) is 1. The maximum Gasteiger partial charge on any atom is 0.197 e. The monoisotopic (exact) mass is 200 g/mol. The van der Waals surface area contributed by atoms with Gasteiger partial charge in [0.2, 0.25) is 0 Å². The van der Waals surface area contributed by atoms with E-state index in [0.29, 0.717) is 5.17 Å². The van der Waals surface area contributed by atoms with E-state index < -0.39 is 5.62 Å². The minimum Gasteiger partial charge on any atom is -0.351 e. The van der Waals surface area contributed by atoms with Crippen molar-refractivity contribution >= 4 is 34.1 Å². The zero-order chi connectivity index (χ0) is 8.55. The Balaban J connectivity index is 2.53. The van der Waals surface area contributed by atoms with Crippen molar-refractivity contribution in [3.05, 3.63) is 29.8 Å². The molecule has 1 aromatic carbocycles. The zero-order valence-electron chi connectivity index (χ0n) is 6.09. The molecular formula is C8H6Cl2N2. The van der Waals surface area contributed by atoms with Crippen LogP contribution in [0.3, 0.4) is 0 Å². The molecule has 1 aliphatic rings. The first-order chi connectivity index (χ1) is 5.77. The molecule has 0 spiro atoms. The molecule has 0 saturated heterocycles. The van der Waals surface area contributed by atoms with Gasteiger partial charge in [0.1, 0.15) is 5.17 Å². The fourth-order valence-corrected chi connectivity index (χ4v) is 1.65. The van der Waals surface area contributed by atoms with Gasteiger partial charge in [0.25, 0.3) is 0 Å². The Kier molecular flexibility index (Phi) is 1.95. The van der Waals surface area contributed by atoms with Crippen LogP contribution in [0, 0.1) is 0 Å². The Hall–Kier alpha value is -0.730. The molecule has 0 fully saturated rings. The Bertz CT molecular complexity index is 336. The standard InChI is InChI=1S/C8H6Cl2N2/c9-7-5-3-1-2-4-6(5)11-8(10)12-7/h1-4,8,11H. The minimum absolute atomic E-state index is 0.451. The third kappa shape index (κ3) is 1.28. The van der Waals surface area contributed by atoms with Crippen LogP contribution in [0.25, 0.3) is 0 Å². The number of aliphatic imine (C=N–C) groups is 1. The average molecular weight is 201 g/mol. The van der Waals surface area contributed by atoms with E-state index in [1.165, 1.54) is 0 Å². The maximum absolute atomic E-state index is 5.87. The van der Waals surface area contributed by atoms with E-state index in [-0.39, 0.29) is 0 Å². The fraction of sp³-hybridized carbons (Fsp3) is 0.125. The second-order valence-corrected chi connectivity index (χ2v) is 3.22. The van der Waals surface area contributed by atoms with Gasteiger partial charge >= 0.3 is 0 Å². The summed E-state index contributed by atoms with van der Waals surface area (Å²) in [5.41, 5.74) is 1.38. The first-order valence-electron chi connectivity index (χ1n) is 3.51. The van der Waals surface area contributed by atoms with Gasteiger partial charge in [0.15, 0.2) is 5.62 Å². The van der Waals surface area contributed by atoms with Crippen molar-refractivity contribution in [3.63, 3.8) is 0 Å². The molecule has 2 nitrogen and oxygen atoms in total. The third-order valence-electron chi connectivity index (χ3n) is 1.65. The Morgan fingerprint density at radius 1 is 1.33 bits per heavy atom. The van der Waals surface area contributed by atoms with Gasteiger partial charge in [-0.1, -0.05) is 35.3 Å². The molecule has 62 valence electrons. The molecule has 1 N–H and O–H groups in total. The van der Waals surface area contributed by atoms with Crippen LogP contribution in [0.5, 0.6) is 0 Å². The molecule has 1 heterocycles. The SMILES string of the molecule is ClC1=NC(Cl)Nc2ccccc21. The van der Waals surface area contributed by atoms with E-state index in [1.807, 2.05) is 24.3 Å². The van der Waals surface area contributed by atoms with E-state index in [9.17, 15) is 0 Å². The van der Waals surface area contributed by atoms with E-state index in [1.54, 1.807) is 0 Å². The average Bonchev–Trinajstić information content (AvgIpc) is 2.04. The number of hydrogen-bond donors (Lipinski definition) is 1. The summed E-state index contributed by atoms with van der Waals surface area (Å²) in [4.78, 5) is 3.96. The summed E-state index contributed by atoms with van der Waals surface area (Å²) >= 11 is 11.6. The van der Waals surface area contributed by atoms with Crippen LogP contribution >= 0.6 is 23.2 Å². The van der Waals surface area contributed by atoms with Crippen LogP contribution in [-0.2, 0) is 0 Å². The molecule has 4 heteroatoms. The predicted molar refractivity (Wildman–Crippen MR) is 52.1 cm³/mol. The first kappa shape index (κ1) is 7.90. The quantitative estimate of drug-likeness (QED) is 0.506. The molecule has 0 bridgehead atoms. The van der Waals surface area contributed by atoms with Crippen LogP contribution in [0.4, 0.5) is 5.69 Å². The number of anilines is 1. The van der Waals surface area contributed by atoms with Gasteiger partial charge in [-0.05, 0) is 12.1 Å². The Morgan fingerprint density at radius 2 is 2.08 bits per heavy atom. The molecule has 0 aromatic heterocycles. The number of para-hydroxylation sites is 1. The summed E-state index contributed by atoms with van der Waals surface area (Å²) in [5.74, 6) is 0. The summed E-state index contributed by atoms with van der Waals surface area (Å²) in [6.45, 7) is 0. The van der Waals surface area contributed by atoms with E-state index in [0.717, 1.165) is 11.3 Å². The maximum atomic E-state index is 5.87.